The predicted molar refractivity (Wildman–Crippen MR) is 65.3 cm³/mol. The standard InChI is InChI=1S/C13H19N3O2/c14-6-7-15-12(17)13(18)16-8-5-10-3-1-2-4-11(10)9-16/h10-11H,1-5,7-9H2,(H,15,17). The lowest BCUT2D eigenvalue weighted by Gasteiger charge is -2.40. The Morgan fingerprint density at radius 2 is 1.94 bits per heavy atom. The normalized spacial score (nSPS) is 26.9. The first-order valence-corrected chi connectivity index (χ1v) is 6.66. The molecular formula is C13H19N3O2. The van der Waals surface area contributed by atoms with Crippen LogP contribution in [0.25, 0.3) is 0 Å². The zero-order valence-electron chi connectivity index (χ0n) is 10.5. The van der Waals surface area contributed by atoms with Gasteiger partial charge in [-0.3, -0.25) is 9.59 Å². The van der Waals surface area contributed by atoms with Gasteiger partial charge in [0.1, 0.15) is 6.54 Å². The van der Waals surface area contributed by atoms with Crippen LogP contribution in [0.5, 0.6) is 0 Å². The Hall–Kier alpha value is -1.57. The molecule has 2 rings (SSSR count). The van der Waals surface area contributed by atoms with Crippen molar-refractivity contribution in [1.29, 1.82) is 5.26 Å². The van der Waals surface area contributed by atoms with Gasteiger partial charge in [-0.05, 0) is 24.7 Å². The molecular weight excluding hydrogens is 230 g/mol. The Morgan fingerprint density at radius 3 is 2.67 bits per heavy atom. The lowest BCUT2D eigenvalue weighted by molar-refractivity contribution is -0.147. The first-order valence-electron chi connectivity index (χ1n) is 6.66. The number of rotatable bonds is 1. The summed E-state index contributed by atoms with van der Waals surface area (Å²) in [5, 5.41) is 10.7. The number of piperidine rings is 1. The molecule has 2 fully saturated rings. The minimum Gasteiger partial charge on any atom is -0.335 e. The van der Waals surface area contributed by atoms with Gasteiger partial charge in [0.05, 0.1) is 6.07 Å². The van der Waals surface area contributed by atoms with E-state index in [2.05, 4.69) is 5.32 Å². The molecule has 2 amide bonds. The lowest BCUT2D eigenvalue weighted by atomic mass is 9.75. The average Bonchev–Trinajstić information content (AvgIpc) is 2.43. The third-order valence-corrected chi connectivity index (χ3v) is 4.10. The molecule has 2 atom stereocenters. The van der Waals surface area contributed by atoms with Gasteiger partial charge in [-0.15, -0.1) is 0 Å². The van der Waals surface area contributed by atoms with Crippen molar-refractivity contribution in [1.82, 2.24) is 10.2 Å². The summed E-state index contributed by atoms with van der Waals surface area (Å²) in [6, 6.07) is 1.80. The largest absolute Gasteiger partial charge is 0.335 e. The molecule has 5 heteroatoms. The van der Waals surface area contributed by atoms with Crippen molar-refractivity contribution >= 4 is 11.8 Å². The Balaban J connectivity index is 1.88. The number of nitrogens with one attached hydrogen (secondary N) is 1. The molecule has 1 saturated carbocycles. The van der Waals surface area contributed by atoms with E-state index in [0.717, 1.165) is 12.3 Å². The highest BCUT2D eigenvalue weighted by Gasteiger charge is 2.34. The van der Waals surface area contributed by atoms with Gasteiger partial charge in [-0.25, -0.2) is 0 Å². The fourth-order valence-corrected chi connectivity index (χ4v) is 3.12. The summed E-state index contributed by atoms with van der Waals surface area (Å²) in [4.78, 5) is 25.0. The molecule has 0 aromatic rings. The van der Waals surface area contributed by atoms with E-state index < -0.39 is 11.8 Å². The molecule has 1 N–H and O–H groups in total. The maximum atomic E-state index is 11.9. The summed E-state index contributed by atoms with van der Waals surface area (Å²) in [6.45, 7) is 1.29. The fourth-order valence-electron chi connectivity index (χ4n) is 3.12. The van der Waals surface area contributed by atoms with E-state index in [-0.39, 0.29) is 6.54 Å². The number of fused-ring (bicyclic) bond motifs is 1. The van der Waals surface area contributed by atoms with Gasteiger partial charge >= 0.3 is 11.8 Å². The fraction of sp³-hybridized carbons (Fsp3) is 0.769. The topological polar surface area (TPSA) is 73.2 Å². The van der Waals surface area contributed by atoms with Gasteiger partial charge in [0.15, 0.2) is 0 Å². The molecule has 98 valence electrons. The Morgan fingerprint density at radius 1 is 1.22 bits per heavy atom. The van der Waals surface area contributed by atoms with Crippen molar-refractivity contribution in [2.24, 2.45) is 11.8 Å². The molecule has 0 bridgehead atoms. The molecule has 0 spiro atoms. The minimum absolute atomic E-state index is 0.107. The summed E-state index contributed by atoms with van der Waals surface area (Å²) in [5.41, 5.74) is 0. The summed E-state index contributed by atoms with van der Waals surface area (Å²) in [6.07, 6.45) is 6.01. The molecule has 2 unspecified atom stereocenters. The minimum atomic E-state index is -0.647. The first kappa shape index (κ1) is 12.9. The number of amides is 2. The third kappa shape index (κ3) is 2.81. The highest BCUT2D eigenvalue weighted by Crippen LogP contribution is 2.35. The zero-order valence-corrected chi connectivity index (χ0v) is 10.5. The van der Waals surface area contributed by atoms with E-state index in [1.165, 1.54) is 25.7 Å². The van der Waals surface area contributed by atoms with Crippen LogP contribution in [0.4, 0.5) is 0 Å². The second kappa shape index (κ2) is 5.85. The van der Waals surface area contributed by atoms with Gasteiger partial charge in [0.25, 0.3) is 0 Å². The first-order chi connectivity index (χ1) is 8.72. The second-order valence-corrected chi connectivity index (χ2v) is 5.19. The van der Waals surface area contributed by atoms with E-state index in [9.17, 15) is 9.59 Å². The van der Waals surface area contributed by atoms with Crippen LogP contribution in [0, 0.1) is 23.2 Å². The van der Waals surface area contributed by atoms with Crippen LogP contribution in [0.2, 0.25) is 0 Å². The molecule has 0 aromatic carbocycles. The molecule has 1 heterocycles. The Bertz CT molecular complexity index is 375. The molecule has 5 nitrogen and oxygen atoms in total. The van der Waals surface area contributed by atoms with Crippen LogP contribution in [-0.2, 0) is 9.59 Å². The zero-order chi connectivity index (χ0) is 13.0. The maximum Gasteiger partial charge on any atom is 0.311 e. The van der Waals surface area contributed by atoms with Crippen molar-refractivity contribution < 1.29 is 9.59 Å². The number of carbonyl (C=O) groups is 2. The number of likely N-dealkylation sites (tertiary alicyclic amines) is 1. The lowest BCUT2D eigenvalue weighted by Crippen LogP contribution is -2.50. The third-order valence-electron chi connectivity index (χ3n) is 4.10. The molecule has 2 aliphatic rings. The van der Waals surface area contributed by atoms with Crippen LogP contribution >= 0.6 is 0 Å². The summed E-state index contributed by atoms with van der Waals surface area (Å²) in [5.74, 6) is 0.185. The van der Waals surface area contributed by atoms with Crippen molar-refractivity contribution in [2.75, 3.05) is 19.6 Å². The summed E-state index contributed by atoms with van der Waals surface area (Å²) >= 11 is 0. The Kier molecular flexibility index (Phi) is 4.19. The van der Waals surface area contributed by atoms with Crippen LogP contribution in [0.1, 0.15) is 32.1 Å². The maximum absolute atomic E-state index is 11.9. The molecule has 1 aliphatic carbocycles. The molecule has 1 saturated heterocycles. The molecule has 1 aliphatic heterocycles. The van der Waals surface area contributed by atoms with Crippen LogP contribution < -0.4 is 5.32 Å². The number of nitriles is 1. The SMILES string of the molecule is N#CCNC(=O)C(=O)N1CCC2CCCCC2C1. The summed E-state index contributed by atoms with van der Waals surface area (Å²) in [7, 11) is 0. The molecule has 0 radical (unpaired) electrons. The van der Waals surface area contributed by atoms with Crippen molar-refractivity contribution in [2.45, 2.75) is 32.1 Å². The smallest absolute Gasteiger partial charge is 0.311 e. The van der Waals surface area contributed by atoms with E-state index in [1.54, 1.807) is 11.0 Å². The Labute approximate surface area is 107 Å². The molecule has 18 heavy (non-hydrogen) atoms. The van der Waals surface area contributed by atoms with Gasteiger partial charge in [0.2, 0.25) is 0 Å². The van der Waals surface area contributed by atoms with Crippen molar-refractivity contribution in [3.63, 3.8) is 0 Å². The van der Waals surface area contributed by atoms with Crippen LogP contribution in [0.3, 0.4) is 0 Å². The highest BCUT2D eigenvalue weighted by atomic mass is 16.2. The number of hydrogen-bond donors (Lipinski definition) is 1. The van der Waals surface area contributed by atoms with Crippen LogP contribution in [0.15, 0.2) is 0 Å². The van der Waals surface area contributed by atoms with Crippen LogP contribution in [-0.4, -0.2) is 36.3 Å². The highest BCUT2D eigenvalue weighted by molar-refractivity contribution is 6.35. The summed E-state index contributed by atoms with van der Waals surface area (Å²) < 4.78 is 0. The predicted octanol–water partition coefficient (Wildman–Crippen LogP) is 0.665. The van der Waals surface area contributed by atoms with E-state index in [0.29, 0.717) is 19.0 Å². The van der Waals surface area contributed by atoms with Gasteiger partial charge in [0, 0.05) is 13.1 Å². The average molecular weight is 249 g/mol. The number of hydrogen-bond acceptors (Lipinski definition) is 3. The monoisotopic (exact) mass is 249 g/mol. The number of carbonyl (C=O) groups excluding carboxylic acids is 2. The second-order valence-electron chi connectivity index (χ2n) is 5.19. The van der Waals surface area contributed by atoms with Crippen molar-refractivity contribution in [3.8, 4) is 6.07 Å². The quantitative estimate of drug-likeness (QED) is 0.548. The van der Waals surface area contributed by atoms with E-state index in [4.69, 9.17) is 5.26 Å². The van der Waals surface area contributed by atoms with Gasteiger partial charge in [-0.1, -0.05) is 19.3 Å². The number of nitrogens with zero attached hydrogens (tertiary/aromatic N) is 2. The van der Waals surface area contributed by atoms with E-state index in [1.807, 2.05) is 0 Å². The molecule has 0 aromatic heterocycles. The van der Waals surface area contributed by atoms with Crippen molar-refractivity contribution in [3.05, 3.63) is 0 Å². The van der Waals surface area contributed by atoms with E-state index >= 15 is 0 Å². The van der Waals surface area contributed by atoms with Gasteiger partial charge < -0.3 is 10.2 Å². The van der Waals surface area contributed by atoms with Gasteiger partial charge in [-0.2, -0.15) is 5.26 Å².